The minimum Gasteiger partial charge on any atom is -0.443 e. The molecule has 0 radical (unpaired) electrons. The number of benzene rings is 1. The number of nitrogens with zero attached hydrogens (tertiary/aromatic N) is 1. The van der Waals surface area contributed by atoms with Gasteiger partial charge in [-0.1, -0.05) is 23.7 Å². The predicted octanol–water partition coefficient (Wildman–Crippen LogP) is 3.87. The second kappa shape index (κ2) is 8.23. The van der Waals surface area contributed by atoms with Crippen LogP contribution in [-0.4, -0.2) is 30.3 Å². The molecule has 0 heterocycles. The summed E-state index contributed by atoms with van der Waals surface area (Å²) in [7, 11) is 0. The van der Waals surface area contributed by atoms with E-state index >= 15 is 0 Å². The third-order valence-electron chi connectivity index (χ3n) is 2.44. The standard InChI is InChI=1S/C15H19ClF3N3O2/c1-14(2,3)24-13(23)22-21-12(20-9-15(17,18)19)8-10-4-6-11(16)7-5-10/h4-7H,8-9H2,1-3H3,(H,20,21)(H,22,23). The fourth-order valence-electron chi connectivity index (χ4n) is 1.55. The van der Waals surface area contributed by atoms with Crippen LogP contribution < -0.4 is 10.9 Å². The molecule has 1 aromatic carbocycles. The van der Waals surface area contributed by atoms with Gasteiger partial charge in [-0.25, -0.2) is 10.2 Å². The van der Waals surface area contributed by atoms with Crippen molar-refractivity contribution in [2.45, 2.75) is 39.0 Å². The molecule has 1 amide bonds. The summed E-state index contributed by atoms with van der Waals surface area (Å²) in [4.78, 5) is 15.0. The predicted molar refractivity (Wildman–Crippen MR) is 86.0 cm³/mol. The van der Waals surface area contributed by atoms with Crippen molar-refractivity contribution in [1.29, 1.82) is 0 Å². The maximum Gasteiger partial charge on any atom is 0.426 e. The molecule has 2 N–H and O–H groups in total. The van der Waals surface area contributed by atoms with Crippen molar-refractivity contribution in [3.8, 4) is 0 Å². The summed E-state index contributed by atoms with van der Waals surface area (Å²) in [5.41, 5.74) is 4.49. The molecule has 0 saturated carbocycles. The number of nitrogens with one attached hydrogen (secondary N) is 2. The highest BCUT2D eigenvalue weighted by Crippen LogP contribution is 2.15. The summed E-state index contributed by atoms with van der Waals surface area (Å²) in [6.07, 6.45) is -5.21. The van der Waals surface area contributed by atoms with E-state index in [4.69, 9.17) is 16.3 Å². The van der Waals surface area contributed by atoms with E-state index in [1.54, 1.807) is 45.0 Å². The maximum absolute atomic E-state index is 12.4. The number of amidine groups is 1. The van der Waals surface area contributed by atoms with Gasteiger partial charge in [-0.15, -0.1) is 0 Å². The van der Waals surface area contributed by atoms with Crippen LogP contribution >= 0.6 is 11.6 Å². The van der Waals surface area contributed by atoms with Gasteiger partial charge in [-0.3, -0.25) is 10.4 Å². The first kappa shape index (κ1) is 20.1. The van der Waals surface area contributed by atoms with Crippen molar-refractivity contribution in [1.82, 2.24) is 10.9 Å². The van der Waals surface area contributed by atoms with Gasteiger partial charge in [-0.2, -0.15) is 13.2 Å². The Morgan fingerprint density at radius 2 is 1.75 bits per heavy atom. The number of hydrogen-bond acceptors (Lipinski definition) is 3. The molecule has 134 valence electrons. The summed E-state index contributed by atoms with van der Waals surface area (Å²) in [5.74, 6) is -0.0551. The molecule has 0 aromatic heterocycles. The first-order valence-corrected chi connectivity index (χ1v) is 7.42. The van der Waals surface area contributed by atoms with Crippen LogP contribution in [0.25, 0.3) is 0 Å². The second-order valence-corrected chi connectivity index (χ2v) is 6.37. The number of hydrazine groups is 1. The first-order chi connectivity index (χ1) is 10.9. The van der Waals surface area contributed by atoms with Gasteiger partial charge < -0.3 is 4.74 Å². The molecule has 0 spiro atoms. The molecule has 0 saturated heterocycles. The minimum absolute atomic E-state index is 0.0551. The lowest BCUT2D eigenvalue weighted by Crippen LogP contribution is -2.45. The highest BCUT2D eigenvalue weighted by atomic mass is 35.5. The molecular formula is C15H19ClF3N3O2. The highest BCUT2D eigenvalue weighted by molar-refractivity contribution is 6.30. The molecule has 0 bridgehead atoms. The lowest BCUT2D eigenvalue weighted by Gasteiger charge is -2.20. The minimum atomic E-state index is -4.45. The average molecular weight is 366 g/mol. The van der Waals surface area contributed by atoms with Crippen molar-refractivity contribution in [2.75, 3.05) is 6.54 Å². The van der Waals surface area contributed by atoms with E-state index < -0.39 is 24.4 Å². The quantitative estimate of drug-likeness (QED) is 0.485. The Kier molecular flexibility index (Phi) is 6.89. The Labute approximate surface area is 143 Å². The molecule has 0 aliphatic heterocycles. The van der Waals surface area contributed by atoms with E-state index in [9.17, 15) is 18.0 Å². The van der Waals surface area contributed by atoms with Crippen LogP contribution in [0.1, 0.15) is 26.3 Å². The number of ether oxygens (including phenoxy) is 1. The third-order valence-corrected chi connectivity index (χ3v) is 2.69. The Balaban J connectivity index is 2.74. The summed E-state index contributed by atoms with van der Waals surface area (Å²) in [6.45, 7) is 3.63. The molecule has 0 atom stereocenters. The molecule has 0 fully saturated rings. The van der Waals surface area contributed by atoms with Gasteiger partial charge in [0.05, 0.1) is 0 Å². The largest absolute Gasteiger partial charge is 0.443 e. The zero-order valence-electron chi connectivity index (χ0n) is 13.5. The lowest BCUT2D eigenvalue weighted by molar-refractivity contribution is -0.118. The maximum atomic E-state index is 12.4. The SMILES string of the molecule is CC(C)(C)OC(=O)NNC(Cc1ccc(Cl)cc1)=NCC(F)(F)F. The number of carbonyl (C=O) groups excluding carboxylic acids is 1. The third kappa shape index (κ3) is 9.24. The van der Waals surface area contributed by atoms with Crippen LogP contribution in [0, 0.1) is 0 Å². The van der Waals surface area contributed by atoms with E-state index in [-0.39, 0.29) is 12.3 Å². The molecule has 9 heteroatoms. The van der Waals surface area contributed by atoms with E-state index in [0.29, 0.717) is 10.6 Å². The van der Waals surface area contributed by atoms with E-state index in [1.807, 2.05) is 0 Å². The van der Waals surface area contributed by atoms with Gasteiger partial charge in [-0.05, 0) is 38.5 Å². The van der Waals surface area contributed by atoms with Crippen LogP contribution in [0.15, 0.2) is 29.3 Å². The fourth-order valence-corrected chi connectivity index (χ4v) is 1.67. The fraction of sp³-hybridized carbons (Fsp3) is 0.467. The van der Waals surface area contributed by atoms with Crippen LogP contribution in [0.2, 0.25) is 5.02 Å². The highest BCUT2D eigenvalue weighted by Gasteiger charge is 2.27. The van der Waals surface area contributed by atoms with Crippen molar-refractivity contribution in [2.24, 2.45) is 4.99 Å². The molecule has 0 aliphatic rings. The monoisotopic (exact) mass is 365 g/mol. The molecular weight excluding hydrogens is 347 g/mol. The number of rotatable bonds is 3. The Morgan fingerprint density at radius 3 is 2.25 bits per heavy atom. The van der Waals surface area contributed by atoms with E-state index in [1.165, 1.54) is 0 Å². The van der Waals surface area contributed by atoms with Gasteiger partial charge in [0.25, 0.3) is 0 Å². The van der Waals surface area contributed by atoms with Crippen molar-refractivity contribution in [3.63, 3.8) is 0 Å². The number of halogens is 4. The molecule has 1 rings (SSSR count). The number of amides is 1. The molecule has 1 aromatic rings. The summed E-state index contributed by atoms with van der Waals surface area (Å²) >= 11 is 5.77. The number of aliphatic imine (C=N–C) groups is 1. The molecule has 0 unspecified atom stereocenters. The Morgan fingerprint density at radius 1 is 1.17 bits per heavy atom. The molecule has 24 heavy (non-hydrogen) atoms. The zero-order chi connectivity index (χ0) is 18.4. The smallest absolute Gasteiger partial charge is 0.426 e. The van der Waals surface area contributed by atoms with Crippen LogP contribution in [0.4, 0.5) is 18.0 Å². The van der Waals surface area contributed by atoms with Gasteiger partial charge in [0.1, 0.15) is 18.0 Å². The van der Waals surface area contributed by atoms with Crippen LogP contribution in [0.3, 0.4) is 0 Å². The number of hydrogen-bond donors (Lipinski definition) is 2. The lowest BCUT2D eigenvalue weighted by atomic mass is 10.1. The van der Waals surface area contributed by atoms with Gasteiger partial charge in [0.15, 0.2) is 0 Å². The van der Waals surface area contributed by atoms with E-state index in [0.717, 1.165) is 0 Å². The number of alkyl halides is 3. The summed E-state index contributed by atoms with van der Waals surface area (Å²) in [5, 5.41) is 0.507. The molecule has 5 nitrogen and oxygen atoms in total. The van der Waals surface area contributed by atoms with Crippen LogP contribution in [0.5, 0.6) is 0 Å². The van der Waals surface area contributed by atoms with E-state index in [2.05, 4.69) is 15.8 Å². The first-order valence-electron chi connectivity index (χ1n) is 7.04. The van der Waals surface area contributed by atoms with Crippen molar-refractivity contribution in [3.05, 3.63) is 34.9 Å². The number of carbonyl (C=O) groups is 1. The topological polar surface area (TPSA) is 62.7 Å². The van der Waals surface area contributed by atoms with Crippen molar-refractivity contribution < 1.29 is 22.7 Å². The molecule has 0 aliphatic carbocycles. The summed E-state index contributed by atoms with van der Waals surface area (Å²) in [6, 6.07) is 6.53. The van der Waals surface area contributed by atoms with Gasteiger partial charge in [0, 0.05) is 11.4 Å². The summed E-state index contributed by atoms with van der Waals surface area (Å²) < 4.78 is 42.1. The Hall–Kier alpha value is -1.96. The second-order valence-electron chi connectivity index (χ2n) is 5.93. The van der Waals surface area contributed by atoms with Crippen molar-refractivity contribution >= 4 is 23.5 Å². The van der Waals surface area contributed by atoms with Crippen LogP contribution in [-0.2, 0) is 11.2 Å². The van der Waals surface area contributed by atoms with Gasteiger partial charge in [0.2, 0.25) is 0 Å². The van der Waals surface area contributed by atoms with Gasteiger partial charge >= 0.3 is 12.3 Å². The average Bonchev–Trinajstić information content (AvgIpc) is 2.41. The normalized spacial score (nSPS) is 12.7. The Bertz CT molecular complexity index is 581. The zero-order valence-corrected chi connectivity index (χ0v) is 14.3.